The topological polar surface area (TPSA) is 58.6 Å². The summed E-state index contributed by atoms with van der Waals surface area (Å²) < 4.78 is 5.58. The molecule has 0 bridgehead atoms. The molecule has 2 unspecified atom stereocenters. The lowest BCUT2D eigenvalue weighted by molar-refractivity contribution is -0.157. The van der Waals surface area contributed by atoms with E-state index in [2.05, 4.69) is 5.32 Å². The molecular weight excluding hydrogens is 232 g/mol. The maximum atomic E-state index is 12.4. The number of nitrogens with one attached hydrogen (secondary N) is 1. The predicted molar refractivity (Wildman–Crippen MR) is 67.0 cm³/mol. The van der Waals surface area contributed by atoms with Crippen molar-refractivity contribution in [3.8, 4) is 0 Å². The van der Waals surface area contributed by atoms with E-state index in [-0.39, 0.29) is 24.0 Å². The first-order chi connectivity index (χ1) is 8.46. The molecule has 2 aliphatic rings. The van der Waals surface area contributed by atoms with E-state index in [1.54, 1.807) is 18.7 Å². The standard InChI is InChI=1S/C13H22N2O3/c1-4-10-11(16)15(8-9-6-5-7-18-9)13(2,3)12(17)14-10/h9-10H,4-8H2,1-3H3,(H,14,17). The molecule has 0 radical (unpaired) electrons. The van der Waals surface area contributed by atoms with Crippen molar-refractivity contribution in [2.24, 2.45) is 0 Å². The monoisotopic (exact) mass is 254 g/mol. The van der Waals surface area contributed by atoms with Gasteiger partial charge in [0.15, 0.2) is 0 Å². The fourth-order valence-corrected chi connectivity index (χ4v) is 2.57. The van der Waals surface area contributed by atoms with E-state index in [1.165, 1.54) is 0 Å². The first-order valence-corrected chi connectivity index (χ1v) is 6.71. The van der Waals surface area contributed by atoms with Gasteiger partial charge in [-0.3, -0.25) is 9.59 Å². The predicted octanol–water partition coefficient (Wildman–Crippen LogP) is 0.681. The van der Waals surface area contributed by atoms with Gasteiger partial charge in [-0.15, -0.1) is 0 Å². The molecule has 5 nitrogen and oxygen atoms in total. The van der Waals surface area contributed by atoms with Crippen LogP contribution in [0.1, 0.15) is 40.0 Å². The van der Waals surface area contributed by atoms with Gasteiger partial charge in [-0.05, 0) is 33.1 Å². The average Bonchev–Trinajstić information content (AvgIpc) is 2.82. The lowest BCUT2D eigenvalue weighted by Gasteiger charge is -2.45. The zero-order valence-corrected chi connectivity index (χ0v) is 11.4. The first kappa shape index (κ1) is 13.3. The summed E-state index contributed by atoms with van der Waals surface area (Å²) >= 11 is 0. The van der Waals surface area contributed by atoms with Crippen molar-refractivity contribution >= 4 is 11.8 Å². The Hall–Kier alpha value is -1.10. The van der Waals surface area contributed by atoms with Crippen LogP contribution >= 0.6 is 0 Å². The maximum Gasteiger partial charge on any atom is 0.246 e. The molecule has 102 valence electrons. The lowest BCUT2D eigenvalue weighted by atomic mass is 9.94. The quantitative estimate of drug-likeness (QED) is 0.806. The Morgan fingerprint density at radius 2 is 2.17 bits per heavy atom. The number of carbonyl (C=O) groups excluding carboxylic acids is 2. The highest BCUT2D eigenvalue weighted by atomic mass is 16.5. The van der Waals surface area contributed by atoms with Crippen molar-refractivity contribution in [2.45, 2.75) is 57.7 Å². The third-order valence-corrected chi connectivity index (χ3v) is 3.92. The van der Waals surface area contributed by atoms with Gasteiger partial charge in [-0.1, -0.05) is 6.92 Å². The minimum atomic E-state index is -0.783. The SMILES string of the molecule is CCC1NC(=O)C(C)(C)N(CC2CCCO2)C1=O. The average molecular weight is 254 g/mol. The van der Waals surface area contributed by atoms with E-state index in [0.717, 1.165) is 19.4 Å². The fraction of sp³-hybridized carbons (Fsp3) is 0.846. The molecule has 5 heteroatoms. The largest absolute Gasteiger partial charge is 0.376 e. The number of piperazine rings is 1. The molecule has 2 fully saturated rings. The zero-order valence-electron chi connectivity index (χ0n) is 11.4. The van der Waals surface area contributed by atoms with E-state index in [4.69, 9.17) is 4.74 Å². The third kappa shape index (κ3) is 2.23. The van der Waals surface area contributed by atoms with Crippen LogP contribution in [0.3, 0.4) is 0 Å². The Bertz CT molecular complexity index is 348. The fourth-order valence-electron chi connectivity index (χ4n) is 2.57. The second-order valence-corrected chi connectivity index (χ2v) is 5.58. The summed E-state index contributed by atoms with van der Waals surface area (Å²) in [7, 11) is 0. The van der Waals surface area contributed by atoms with E-state index in [9.17, 15) is 9.59 Å². The van der Waals surface area contributed by atoms with Gasteiger partial charge in [0.1, 0.15) is 11.6 Å². The number of hydrogen-bond donors (Lipinski definition) is 1. The third-order valence-electron chi connectivity index (χ3n) is 3.92. The Labute approximate surface area is 108 Å². The zero-order chi connectivity index (χ0) is 13.3. The number of nitrogens with zero attached hydrogens (tertiary/aromatic N) is 1. The molecule has 0 spiro atoms. The molecule has 2 atom stereocenters. The van der Waals surface area contributed by atoms with Crippen molar-refractivity contribution in [2.75, 3.05) is 13.2 Å². The number of carbonyl (C=O) groups is 2. The highest BCUT2D eigenvalue weighted by Gasteiger charge is 2.46. The number of hydrogen-bond acceptors (Lipinski definition) is 3. The van der Waals surface area contributed by atoms with Gasteiger partial charge in [0.05, 0.1) is 6.10 Å². The molecule has 18 heavy (non-hydrogen) atoms. The van der Waals surface area contributed by atoms with E-state index < -0.39 is 5.54 Å². The Morgan fingerprint density at radius 1 is 1.44 bits per heavy atom. The number of ether oxygens (including phenoxy) is 1. The summed E-state index contributed by atoms with van der Waals surface area (Å²) in [6.45, 7) is 6.78. The van der Waals surface area contributed by atoms with Crippen molar-refractivity contribution in [3.63, 3.8) is 0 Å². The molecule has 0 aromatic carbocycles. The van der Waals surface area contributed by atoms with Crippen molar-refractivity contribution in [1.82, 2.24) is 10.2 Å². The summed E-state index contributed by atoms with van der Waals surface area (Å²) in [5.74, 6) is -0.0652. The second-order valence-electron chi connectivity index (χ2n) is 5.58. The van der Waals surface area contributed by atoms with Crippen molar-refractivity contribution in [3.05, 3.63) is 0 Å². The highest BCUT2D eigenvalue weighted by molar-refractivity contribution is 5.99. The summed E-state index contributed by atoms with van der Waals surface area (Å²) in [5, 5.41) is 2.79. The molecule has 0 aromatic heterocycles. The summed E-state index contributed by atoms with van der Waals surface area (Å²) in [6.07, 6.45) is 2.72. The van der Waals surface area contributed by atoms with Gasteiger partial charge in [-0.25, -0.2) is 0 Å². The Morgan fingerprint density at radius 3 is 2.72 bits per heavy atom. The van der Waals surface area contributed by atoms with Crippen LogP contribution in [-0.4, -0.2) is 47.6 Å². The second kappa shape index (κ2) is 4.88. The molecule has 2 aliphatic heterocycles. The number of amides is 2. The van der Waals surface area contributed by atoms with Crippen molar-refractivity contribution < 1.29 is 14.3 Å². The van der Waals surface area contributed by atoms with Crippen LogP contribution in [0.25, 0.3) is 0 Å². The van der Waals surface area contributed by atoms with Gasteiger partial charge < -0.3 is 15.0 Å². The Kier molecular flexibility index (Phi) is 3.61. The van der Waals surface area contributed by atoms with Gasteiger partial charge in [0.2, 0.25) is 11.8 Å². The summed E-state index contributed by atoms with van der Waals surface area (Å²) in [6, 6.07) is -0.382. The first-order valence-electron chi connectivity index (χ1n) is 6.71. The van der Waals surface area contributed by atoms with Crippen LogP contribution in [0.2, 0.25) is 0 Å². The number of rotatable bonds is 3. The molecular formula is C13H22N2O3. The molecule has 1 N–H and O–H groups in total. The van der Waals surface area contributed by atoms with Crippen LogP contribution < -0.4 is 5.32 Å². The van der Waals surface area contributed by atoms with Crippen molar-refractivity contribution in [1.29, 1.82) is 0 Å². The van der Waals surface area contributed by atoms with Crippen LogP contribution in [0.4, 0.5) is 0 Å². The van der Waals surface area contributed by atoms with Crippen LogP contribution in [0.5, 0.6) is 0 Å². The molecule has 0 aliphatic carbocycles. The smallest absolute Gasteiger partial charge is 0.246 e. The van der Waals surface area contributed by atoms with Gasteiger partial charge in [0, 0.05) is 13.2 Å². The van der Waals surface area contributed by atoms with Crippen LogP contribution in [0.15, 0.2) is 0 Å². The maximum absolute atomic E-state index is 12.4. The van der Waals surface area contributed by atoms with E-state index in [0.29, 0.717) is 13.0 Å². The summed E-state index contributed by atoms with van der Waals surface area (Å²) in [4.78, 5) is 26.1. The minimum absolute atomic E-state index is 0.0117. The van der Waals surface area contributed by atoms with E-state index in [1.807, 2.05) is 6.92 Å². The highest BCUT2D eigenvalue weighted by Crippen LogP contribution is 2.25. The van der Waals surface area contributed by atoms with Gasteiger partial charge in [-0.2, -0.15) is 0 Å². The molecule has 2 rings (SSSR count). The molecule has 2 amide bonds. The lowest BCUT2D eigenvalue weighted by Crippen LogP contribution is -2.69. The van der Waals surface area contributed by atoms with Gasteiger partial charge >= 0.3 is 0 Å². The van der Waals surface area contributed by atoms with Gasteiger partial charge in [0.25, 0.3) is 0 Å². The normalized spacial score (nSPS) is 31.6. The van der Waals surface area contributed by atoms with Crippen LogP contribution in [0, 0.1) is 0 Å². The Balaban J connectivity index is 2.15. The molecule has 2 saturated heterocycles. The molecule has 2 heterocycles. The van der Waals surface area contributed by atoms with Crippen LogP contribution in [-0.2, 0) is 14.3 Å². The summed E-state index contributed by atoms with van der Waals surface area (Å²) in [5.41, 5.74) is -0.783. The van der Waals surface area contributed by atoms with E-state index >= 15 is 0 Å². The molecule has 0 aromatic rings. The minimum Gasteiger partial charge on any atom is -0.376 e. The molecule has 0 saturated carbocycles.